The van der Waals surface area contributed by atoms with Crippen molar-refractivity contribution in [3.63, 3.8) is 0 Å². The molecule has 2 N–H and O–H groups in total. The molecule has 0 aromatic heterocycles. The van der Waals surface area contributed by atoms with Crippen molar-refractivity contribution in [1.82, 2.24) is 0 Å². The third kappa shape index (κ3) is 2.91. The highest BCUT2D eigenvalue weighted by Crippen LogP contribution is 2.31. The number of benzene rings is 1. The van der Waals surface area contributed by atoms with Crippen LogP contribution < -0.4 is 10.6 Å². The molecule has 0 heterocycles. The van der Waals surface area contributed by atoms with Crippen LogP contribution in [0.25, 0.3) is 0 Å². The first-order chi connectivity index (χ1) is 8.50. The summed E-state index contributed by atoms with van der Waals surface area (Å²) in [7, 11) is 1.83. The summed E-state index contributed by atoms with van der Waals surface area (Å²) in [6, 6.07) is 7.99. The quantitative estimate of drug-likeness (QED) is 0.891. The van der Waals surface area contributed by atoms with Gasteiger partial charge >= 0.3 is 0 Å². The highest BCUT2D eigenvalue weighted by atomic mass is 16.2. The molecular formula is C15H22N2O. The van der Waals surface area contributed by atoms with Crippen LogP contribution in [0.1, 0.15) is 37.7 Å². The van der Waals surface area contributed by atoms with Crippen LogP contribution in [0.15, 0.2) is 24.3 Å². The SMILES string of the molecule is Cc1cccc(N(C)C(=O)CC2(N)CCCC2)c1. The topological polar surface area (TPSA) is 46.3 Å². The number of aryl methyl sites for hydroxylation is 1. The van der Waals surface area contributed by atoms with Crippen molar-refractivity contribution in [2.45, 2.75) is 44.6 Å². The second-order valence-electron chi connectivity index (χ2n) is 5.54. The van der Waals surface area contributed by atoms with Crippen molar-refractivity contribution >= 4 is 11.6 Å². The Kier molecular flexibility index (Phi) is 3.71. The number of hydrogen-bond acceptors (Lipinski definition) is 2. The lowest BCUT2D eigenvalue weighted by Crippen LogP contribution is -2.42. The van der Waals surface area contributed by atoms with E-state index in [-0.39, 0.29) is 11.4 Å². The minimum atomic E-state index is -0.269. The minimum absolute atomic E-state index is 0.116. The predicted molar refractivity (Wildman–Crippen MR) is 74.6 cm³/mol. The van der Waals surface area contributed by atoms with Crippen molar-refractivity contribution in [2.24, 2.45) is 5.73 Å². The lowest BCUT2D eigenvalue weighted by molar-refractivity contribution is -0.119. The van der Waals surface area contributed by atoms with E-state index in [1.165, 1.54) is 0 Å². The molecule has 2 rings (SSSR count). The van der Waals surface area contributed by atoms with Crippen LogP contribution >= 0.6 is 0 Å². The van der Waals surface area contributed by atoms with Gasteiger partial charge in [-0.3, -0.25) is 4.79 Å². The maximum absolute atomic E-state index is 12.3. The average molecular weight is 246 g/mol. The average Bonchev–Trinajstić information content (AvgIpc) is 2.74. The Labute approximate surface area is 109 Å². The number of carbonyl (C=O) groups is 1. The molecular weight excluding hydrogens is 224 g/mol. The summed E-state index contributed by atoms with van der Waals surface area (Å²) in [6.45, 7) is 2.03. The number of nitrogens with two attached hydrogens (primary N) is 1. The Morgan fingerprint density at radius 3 is 2.67 bits per heavy atom. The zero-order chi connectivity index (χ0) is 13.2. The molecule has 3 nitrogen and oxygen atoms in total. The highest BCUT2D eigenvalue weighted by Gasteiger charge is 2.32. The summed E-state index contributed by atoms with van der Waals surface area (Å²) >= 11 is 0. The second kappa shape index (κ2) is 5.11. The van der Waals surface area contributed by atoms with Crippen LogP contribution in [0.5, 0.6) is 0 Å². The summed E-state index contributed by atoms with van der Waals surface area (Å²) in [4.78, 5) is 14.0. The summed E-state index contributed by atoms with van der Waals surface area (Å²) < 4.78 is 0. The minimum Gasteiger partial charge on any atom is -0.325 e. The molecule has 1 aromatic rings. The number of hydrogen-bond donors (Lipinski definition) is 1. The lowest BCUT2D eigenvalue weighted by Gasteiger charge is -2.26. The van der Waals surface area contributed by atoms with Crippen LogP contribution in [0.4, 0.5) is 5.69 Å². The van der Waals surface area contributed by atoms with Gasteiger partial charge in [-0.1, -0.05) is 25.0 Å². The van der Waals surface area contributed by atoms with E-state index >= 15 is 0 Å². The molecule has 0 saturated heterocycles. The summed E-state index contributed by atoms with van der Waals surface area (Å²) in [5.41, 5.74) is 8.10. The molecule has 1 aromatic carbocycles. The van der Waals surface area contributed by atoms with Gasteiger partial charge in [0.1, 0.15) is 0 Å². The number of rotatable bonds is 3. The second-order valence-corrected chi connectivity index (χ2v) is 5.54. The van der Waals surface area contributed by atoms with Crippen molar-refractivity contribution in [3.8, 4) is 0 Å². The fourth-order valence-electron chi connectivity index (χ4n) is 2.66. The lowest BCUT2D eigenvalue weighted by atomic mass is 9.94. The maximum atomic E-state index is 12.3. The molecule has 98 valence electrons. The Morgan fingerprint density at radius 1 is 1.39 bits per heavy atom. The van der Waals surface area contributed by atoms with E-state index in [2.05, 4.69) is 0 Å². The van der Waals surface area contributed by atoms with Crippen LogP contribution in [0.2, 0.25) is 0 Å². The van der Waals surface area contributed by atoms with Gasteiger partial charge in [-0.15, -0.1) is 0 Å². The number of amides is 1. The molecule has 3 heteroatoms. The summed E-state index contributed by atoms with van der Waals surface area (Å²) in [5, 5.41) is 0. The van der Waals surface area contributed by atoms with E-state index in [1.54, 1.807) is 4.90 Å². The van der Waals surface area contributed by atoms with Gasteiger partial charge in [0, 0.05) is 24.7 Å². The van der Waals surface area contributed by atoms with Crippen molar-refractivity contribution in [2.75, 3.05) is 11.9 Å². The molecule has 1 fully saturated rings. The molecule has 0 bridgehead atoms. The standard InChI is InChI=1S/C15H22N2O/c1-12-6-5-7-13(10-12)17(2)14(18)11-15(16)8-3-4-9-15/h5-7,10H,3-4,8-9,11,16H2,1-2H3. The van der Waals surface area contributed by atoms with Gasteiger partial charge in [-0.05, 0) is 37.5 Å². The number of carbonyl (C=O) groups excluding carboxylic acids is 1. The zero-order valence-corrected chi connectivity index (χ0v) is 11.3. The first-order valence-corrected chi connectivity index (χ1v) is 6.62. The number of anilines is 1. The van der Waals surface area contributed by atoms with Crippen molar-refractivity contribution < 1.29 is 4.79 Å². The normalized spacial score (nSPS) is 17.7. The third-order valence-electron chi connectivity index (χ3n) is 3.87. The first-order valence-electron chi connectivity index (χ1n) is 6.62. The molecule has 0 aliphatic heterocycles. The first kappa shape index (κ1) is 13.1. The molecule has 0 spiro atoms. The molecule has 18 heavy (non-hydrogen) atoms. The van der Waals surface area contributed by atoms with Gasteiger partial charge in [0.25, 0.3) is 0 Å². The van der Waals surface area contributed by atoms with E-state index in [9.17, 15) is 4.79 Å². The van der Waals surface area contributed by atoms with Gasteiger partial charge in [0.15, 0.2) is 0 Å². The summed E-state index contributed by atoms with van der Waals surface area (Å²) in [6.07, 6.45) is 4.70. The van der Waals surface area contributed by atoms with E-state index in [0.717, 1.165) is 36.9 Å². The Morgan fingerprint density at radius 2 is 2.06 bits per heavy atom. The zero-order valence-electron chi connectivity index (χ0n) is 11.3. The smallest absolute Gasteiger partial charge is 0.228 e. The maximum Gasteiger partial charge on any atom is 0.228 e. The fraction of sp³-hybridized carbons (Fsp3) is 0.533. The van der Waals surface area contributed by atoms with Gasteiger partial charge in [-0.2, -0.15) is 0 Å². The molecule has 1 amide bonds. The van der Waals surface area contributed by atoms with Crippen molar-refractivity contribution in [3.05, 3.63) is 29.8 Å². The van der Waals surface area contributed by atoms with Gasteiger partial charge in [0.05, 0.1) is 0 Å². The molecule has 1 saturated carbocycles. The van der Waals surface area contributed by atoms with E-state index in [0.29, 0.717) is 6.42 Å². The van der Waals surface area contributed by atoms with Crippen LogP contribution in [0, 0.1) is 6.92 Å². The molecule has 1 aliphatic carbocycles. The molecule has 0 atom stereocenters. The van der Waals surface area contributed by atoms with Crippen molar-refractivity contribution in [1.29, 1.82) is 0 Å². The van der Waals surface area contributed by atoms with E-state index < -0.39 is 0 Å². The highest BCUT2D eigenvalue weighted by molar-refractivity contribution is 5.93. The predicted octanol–water partition coefficient (Wildman–Crippen LogP) is 2.62. The molecule has 0 unspecified atom stereocenters. The summed E-state index contributed by atoms with van der Waals surface area (Å²) in [5.74, 6) is 0.116. The van der Waals surface area contributed by atoms with Gasteiger partial charge in [0.2, 0.25) is 5.91 Å². The van der Waals surface area contributed by atoms with Crippen LogP contribution in [-0.2, 0) is 4.79 Å². The molecule has 1 aliphatic rings. The number of nitrogens with zero attached hydrogens (tertiary/aromatic N) is 1. The monoisotopic (exact) mass is 246 g/mol. The Bertz CT molecular complexity index is 436. The van der Waals surface area contributed by atoms with Crippen LogP contribution in [-0.4, -0.2) is 18.5 Å². The fourth-order valence-corrected chi connectivity index (χ4v) is 2.66. The van der Waals surface area contributed by atoms with Gasteiger partial charge < -0.3 is 10.6 Å². The van der Waals surface area contributed by atoms with Crippen LogP contribution in [0.3, 0.4) is 0 Å². The largest absolute Gasteiger partial charge is 0.325 e. The molecule has 0 radical (unpaired) electrons. The third-order valence-corrected chi connectivity index (χ3v) is 3.87. The van der Waals surface area contributed by atoms with Gasteiger partial charge in [-0.25, -0.2) is 0 Å². The Balaban J connectivity index is 2.04. The van der Waals surface area contributed by atoms with E-state index in [4.69, 9.17) is 5.73 Å². The van der Waals surface area contributed by atoms with E-state index in [1.807, 2.05) is 38.2 Å². The Hall–Kier alpha value is -1.35.